The van der Waals surface area contributed by atoms with Crippen LogP contribution in [-0.2, 0) is 12.1 Å². The number of halogens is 1. The molecule has 1 saturated carbocycles. The maximum absolute atomic E-state index is 14.0. The largest absolute Gasteiger partial charge is 0.478 e. The van der Waals surface area contributed by atoms with Crippen molar-refractivity contribution >= 4 is 45.1 Å². The summed E-state index contributed by atoms with van der Waals surface area (Å²) in [6.07, 6.45) is 3.37. The van der Waals surface area contributed by atoms with Crippen molar-refractivity contribution in [1.82, 2.24) is 14.9 Å². The highest BCUT2D eigenvalue weighted by Gasteiger charge is 2.46. The van der Waals surface area contributed by atoms with Crippen molar-refractivity contribution in [3.63, 3.8) is 0 Å². The van der Waals surface area contributed by atoms with Gasteiger partial charge in [0.1, 0.15) is 5.82 Å². The molecule has 7 rings (SSSR count). The molecule has 0 spiro atoms. The van der Waals surface area contributed by atoms with Gasteiger partial charge in [-0.05, 0) is 85.1 Å². The molecule has 1 amide bonds. The first kappa shape index (κ1) is 27.8. The Morgan fingerprint density at radius 2 is 1.78 bits per heavy atom. The predicted molar refractivity (Wildman–Crippen MR) is 169 cm³/mol. The van der Waals surface area contributed by atoms with E-state index < -0.39 is 11.5 Å². The molecule has 0 saturated heterocycles. The molecule has 6 aromatic rings. The molecule has 8 nitrogen and oxygen atoms in total. The van der Waals surface area contributed by atoms with Crippen molar-refractivity contribution in [2.75, 3.05) is 5.32 Å². The first-order valence-corrected chi connectivity index (χ1v) is 14.4. The number of anilines is 2. The van der Waals surface area contributed by atoms with Crippen LogP contribution in [0.5, 0.6) is 0 Å². The van der Waals surface area contributed by atoms with Crippen molar-refractivity contribution in [3.05, 3.63) is 137 Å². The standard InChI is InChI=1S/C36H26FN5O3/c37-26-10-6-23-7-11-28(40-32(23)19-26)21-42-17-14-29-31(39-27-3-1-2-22(18-27)20-38)13-12-30(33(29)42)34(43)41-36(15-16-36)25-8-4-24(5-9-25)35(44)45/h1-14,17-19,39H,15-16,21H2,(H,41,43)(H,44,45). The van der Waals surface area contributed by atoms with Crippen LogP contribution in [0.2, 0.25) is 0 Å². The van der Waals surface area contributed by atoms with Crippen LogP contribution >= 0.6 is 0 Å². The van der Waals surface area contributed by atoms with Gasteiger partial charge in [0, 0.05) is 34.4 Å². The summed E-state index contributed by atoms with van der Waals surface area (Å²) < 4.78 is 15.9. The number of aromatic carboxylic acids is 1. The number of hydrogen-bond donors (Lipinski definition) is 3. The minimum absolute atomic E-state index is 0.189. The van der Waals surface area contributed by atoms with Gasteiger partial charge in [0.15, 0.2) is 0 Å². The second kappa shape index (κ2) is 10.9. The number of carboxylic acid groups (broad SMARTS) is 1. The van der Waals surface area contributed by atoms with Crippen LogP contribution < -0.4 is 10.6 Å². The van der Waals surface area contributed by atoms with Gasteiger partial charge >= 0.3 is 5.97 Å². The fourth-order valence-corrected chi connectivity index (χ4v) is 5.79. The number of hydrogen-bond acceptors (Lipinski definition) is 5. The molecular weight excluding hydrogens is 569 g/mol. The molecule has 1 fully saturated rings. The zero-order chi connectivity index (χ0) is 31.1. The third kappa shape index (κ3) is 5.34. The van der Waals surface area contributed by atoms with E-state index in [-0.39, 0.29) is 17.3 Å². The summed E-state index contributed by atoms with van der Waals surface area (Å²) >= 11 is 0. The number of carbonyl (C=O) groups excluding carboxylic acids is 1. The van der Waals surface area contributed by atoms with E-state index in [0.717, 1.165) is 40.6 Å². The number of aromatic nitrogens is 2. The summed E-state index contributed by atoms with van der Waals surface area (Å²) in [6.45, 7) is 0.339. The number of rotatable bonds is 8. The Kier molecular flexibility index (Phi) is 6.75. The van der Waals surface area contributed by atoms with Gasteiger partial charge in [-0.1, -0.05) is 24.3 Å². The van der Waals surface area contributed by atoms with Gasteiger partial charge in [-0.3, -0.25) is 9.78 Å². The Morgan fingerprint density at radius 1 is 0.978 bits per heavy atom. The molecule has 2 heterocycles. The highest BCUT2D eigenvalue weighted by Crippen LogP contribution is 2.46. The Balaban J connectivity index is 1.27. The van der Waals surface area contributed by atoms with E-state index in [4.69, 9.17) is 0 Å². The van der Waals surface area contributed by atoms with Crippen molar-refractivity contribution in [3.8, 4) is 6.07 Å². The lowest BCUT2D eigenvalue weighted by Crippen LogP contribution is -2.35. The number of carboxylic acids is 1. The maximum atomic E-state index is 14.0. The molecule has 9 heteroatoms. The first-order chi connectivity index (χ1) is 21.8. The van der Waals surface area contributed by atoms with Crippen LogP contribution in [0.4, 0.5) is 15.8 Å². The van der Waals surface area contributed by atoms with Gasteiger partial charge < -0.3 is 20.3 Å². The third-order valence-electron chi connectivity index (χ3n) is 8.27. The number of amides is 1. The highest BCUT2D eigenvalue weighted by molar-refractivity contribution is 6.10. The molecule has 0 aliphatic heterocycles. The van der Waals surface area contributed by atoms with Gasteiger partial charge in [-0.25, -0.2) is 9.18 Å². The van der Waals surface area contributed by atoms with Crippen LogP contribution in [0.25, 0.3) is 21.8 Å². The lowest BCUT2D eigenvalue weighted by Gasteiger charge is -2.20. The molecule has 45 heavy (non-hydrogen) atoms. The Morgan fingerprint density at radius 3 is 2.53 bits per heavy atom. The summed E-state index contributed by atoms with van der Waals surface area (Å²) in [5.41, 5.74) is 4.89. The molecule has 4 aromatic carbocycles. The fraction of sp³-hybridized carbons (Fsp3) is 0.111. The minimum Gasteiger partial charge on any atom is -0.478 e. The van der Waals surface area contributed by atoms with Gasteiger partial charge in [0.25, 0.3) is 5.91 Å². The number of benzene rings is 4. The number of carbonyl (C=O) groups is 2. The lowest BCUT2D eigenvalue weighted by atomic mass is 10.0. The molecule has 0 atom stereocenters. The second-order valence-electron chi connectivity index (χ2n) is 11.2. The fourth-order valence-electron chi connectivity index (χ4n) is 5.79. The van der Waals surface area contributed by atoms with Crippen molar-refractivity contribution in [2.45, 2.75) is 24.9 Å². The summed E-state index contributed by atoms with van der Waals surface area (Å²) in [7, 11) is 0. The SMILES string of the molecule is N#Cc1cccc(Nc2ccc(C(=O)NC3(c4ccc(C(=O)O)cc4)CC3)c3c2ccn3Cc2ccc3ccc(F)cc3n2)c1. The van der Waals surface area contributed by atoms with E-state index >= 15 is 0 Å². The molecule has 0 radical (unpaired) electrons. The zero-order valence-electron chi connectivity index (χ0n) is 23.9. The topological polar surface area (TPSA) is 120 Å². The Labute approximate surface area is 257 Å². The lowest BCUT2D eigenvalue weighted by molar-refractivity contribution is 0.0696. The average molecular weight is 596 g/mol. The van der Waals surface area contributed by atoms with Crippen molar-refractivity contribution in [1.29, 1.82) is 5.26 Å². The molecule has 1 aliphatic carbocycles. The minimum atomic E-state index is -1.00. The van der Waals surface area contributed by atoms with Crippen LogP contribution in [0.15, 0.2) is 103 Å². The van der Waals surface area contributed by atoms with Gasteiger partial charge in [-0.15, -0.1) is 0 Å². The zero-order valence-corrected chi connectivity index (χ0v) is 23.9. The first-order valence-electron chi connectivity index (χ1n) is 14.4. The molecular formula is C36H26FN5O3. The highest BCUT2D eigenvalue weighted by atomic mass is 19.1. The second-order valence-corrected chi connectivity index (χ2v) is 11.2. The summed E-state index contributed by atoms with van der Waals surface area (Å²) in [6, 6.07) is 29.8. The van der Waals surface area contributed by atoms with E-state index in [9.17, 15) is 24.3 Å². The Bertz CT molecular complexity index is 2180. The van der Waals surface area contributed by atoms with Gasteiger partial charge in [0.05, 0.1) is 51.6 Å². The van der Waals surface area contributed by atoms with E-state index in [1.807, 2.05) is 41.1 Å². The summed E-state index contributed by atoms with van der Waals surface area (Å²) in [5.74, 6) is -1.62. The predicted octanol–water partition coefficient (Wildman–Crippen LogP) is 7.11. The quantitative estimate of drug-likeness (QED) is 0.173. The number of nitrogens with one attached hydrogen (secondary N) is 2. The van der Waals surface area contributed by atoms with Crippen LogP contribution in [0.1, 0.15) is 50.4 Å². The monoisotopic (exact) mass is 595 g/mol. The maximum Gasteiger partial charge on any atom is 0.335 e. The van der Waals surface area contributed by atoms with Crippen molar-refractivity contribution < 1.29 is 19.1 Å². The molecule has 220 valence electrons. The molecule has 0 unspecified atom stereocenters. The number of nitrogens with zero attached hydrogens (tertiary/aromatic N) is 3. The summed E-state index contributed by atoms with van der Waals surface area (Å²) in [4.78, 5) is 30.0. The smallest absolute Gasteiger partial charge is 0.335 e. The van der Waals surface area contributed by atoms with E-state index in [1.54, 1.807) is 54.6 Å². The van der Waals surface area contributed by atoms with Crippen LogP contribution in [-0.4, -0.2) is 26.5 Å². The van der Waals surface area contributed by atoms with Gasteiger partial charge in [0.2, 0.25) is 0 Å². The number of nitriles is 1. The molecule has 3 N–H and O–H groups in total. The summed E-state index contributed by atoms with van der Waals surface area (Å²) in [5, 5.41) is 26.9. The normalized spacial score (nSPS) is 13.3. The van der Waals surface area contributed by atoms with Crippen LogP contribution in [0.3, 0.4) is 0 Å². The Hall–Kier alpha value is -6.01. The molecule has 0 bridgehead atoms. The van der Waals surface area contributed by atoms with E-state index in [0.29, 0.717) is 34.4 Å². The molecule has 2 aromatic heterocycles. The van der Waals surface area contributed by atoms with Crippen molar-refractivity contribution in [2.24, 2.45) is 0 Å². The van der Waals surface area contributed by atoms with E-state index in [1.165, 1.54) is 12.1 Å². The molecule has 1 aliphatic rings. The van der Waals surface area contributed by atoms with Gasteiger partial charge in [-0.2, -0.15) is 5.26 Å². The van der Waals surface area contributed by atoms with E-state index in [2.05, 4.69) is 21.7 Å². The number of pyridine rings is 1. The number of fused-ring (bicyclic) bond motifs is 2. The average Bonchev–Trinajstić information content (AvgIpc) is 3.71. The third-order valence-corrected chi connectivity index (χ3v) is 8.27. The van der Waals surface area contributed by atoms with Crippen LogP contribution in [0, 0.1) is 17.1 Å².